The molecule has 2 rings (SSSR count). The van der Waals surface area contributed by atoms with Crippen molar-refractivity contribution in [2.75, 3.05) is 21.3 Å². The Hall–Kier alpha value is -2.90. The lowest BCUT2D eigenvalue weighted by atomic mass is 9.84. The minimum atomic E-state index is -0.342. The molecule has 1 aliphatic rings. The highest BCUT2D eigenvalue weighted by Gasteiger charge is 2.23. The number of carbonyl (C=O) groups is 1. The van der Waals surface area contributed by atoms with Crippen LogP contribution in [0.4, 0.5) is 0 Å². The molecule has 1 fully saturated rings. The molecule has 1 aliphatic carbocycles. The van der Waals surface area contributed by atoms with Crippen LogP contribution in [0.3, 0.4) is 0 Å². The SMILES string of the molecule is CNC(=O)/C(=N\OC)c1ccccc1CO/N=C(C)\C(=N/OC)C1CCCCC1. The quantitative estimate of drug-likeness (QED) is 0.507. The Bertz CT molecular complexity index is 768. The summed E-state index contributed by atoms with van der Waals surface area (Å²) in [6, 6.07) is 7.35. The van der Waals surface area contributed by atoms with Crippen LogP contribution in [0.2, 0.25) is 0 Å². The van der Waals surface area contributed by atoms with Crippen molar-refractivity contribution >= 4 is 23.0 Å². The molecule has 1 aromatic rings. The number of likely N-dealkylation sites (N-methyl/N-ethyl adjacent to an activating group) is 1. The van der Waals surface area contributed by atoms with Gasteiger partial charge in [-0.3, -0.25) is 4.79 Å². The minimum Gasteiger partial charge on any atom is -0.399 e. The van der Waals surface area contributed by atoms with Crippen LogP contribution in [0.25, 0.3) is 0 Å². The van der Waals surface area contributed by atoms with E-state index in [9.17, 15) is 4.79 Å². The third-order valence-corrected chi connectivity index (χ3v) is 4.87. The highest BCUT2D eigenvalue weighted by atomic mass is 16.6. The van der Waals surface area contributed by atoms with Crippen molar-refractivity contribution in [3.63, 3.8) is 0 Å². The Morgan fingerprint density at radius 3 is 2.41 bits per heavy atom. The van der Waals surface area contributed by atoms with Crippen molar-refractivity contribution in [1.82, 2.24) is 5.32 Å². The van der Waals surface area contributed by atoms with Gasteiger partial charge in [0, 0.05) is 24.1 Å². The first-order chi connectivity index (χ1) is 14.1. The molecule has 0 radical (unpaired) electrons. The number of amides is 1. The van der Waals surface area contributed by atoms with Gasteiger partial charge >= 0.3 is 0 Å². The molecule has 8 nitrogen and oxygen atoms in total. The zero-order valence-electron chi connectivity index (χ0n) is 17.6. The molecule has 0 aliphatic heterocycles. The first kappa shape index (κ1) is 22.4. The number of oxime groups is 3. The molecule has 1 saturated carbocycles. The highest BCUT2D eigenvalue weighted by molar-refractivity contribution is 6.45. The number of carbonyl (C=O) groups excluding carboxylic acids is 1. The van der Waals surface area contributed by atoms with E-state index in [0.717, 1.165) is 24.1 Å². The second-order valence-corrected chi connectivity index (χ2v) is 6.80. The summed E-state index contributed by atoms with van der Waals surface area (Å²) < 4.78 is 0. The van der Waals surface area contributed by atoms with Crippen LogP contribution >= 0.6 is 0 Å². The van der Waals surface area contributed by atoms with E-state index in [-0.39, 0.29) is 18.2 Å². The van der Waals surface area contributed by atoms with Crippen LogP contribution in [-0.2, 0) is 25.9 Å². The largest absolute Gasteiger partial charge is 0.399 e. The third kappa shape index (κ3) is 6.30. The van der Waals surface area contributed by atoms with Crippen LogP contribution < -0.4 is 5.32 Å². The Kier molecular flexibility index (Phi) is 9.14. The highest BCUT2D eigenvalue weighted by Crippen LogP contribution is 2.25. The lowest BCUT2D eigenvalue weighted by molar-refractivity contribution is -0.114. The first-order valence-corrected chi connectivity index (χ1v) is 9.81. The molecule has 0 heterocycles. The first-order valence-electron chi connectivity index (χ1n) is 9.81. The molecule has 8 heteroatoms. The lowest BCUT2D eigenvalue weighted by Gasteiger charge is -2.22. The zero-order valence-corrected chi connectivity index (χ0v) is 17.6. The van der Waals surface area contributed by atoms with Crippen LogP contribution in [0.5, 0.6) is 0 Å². The Labute approximate surface area is 171 Å². The average molecular weight is 402 g/mol. The molecule has 1 amide bonds. The van der Waals surface area contributed by atoms with Gasteiger partial charge in [0.05, 0.1) is 0 Å². The maximum absolute atomic E-state index is 12.2. The van der Waals surface area contributed by atoms with Gasteiger partial charge in [-0.05, 0) is 19.8 Å². The molecule has 0 unspecified atom stereocenters. The van der Waals surface area contributed by atoms with Crippen LogP contribution in [-0.4, -0.2) is 44.3 Å². The predicted molar refractivity (Wildman–Crippen MR) is 113 cm³/mol. The van der Waals surface area contributed by atoms with Gasteiger partial charge in [-0.1, -0.05) is 59.0 Å². The fourth-order valence-electron chi connectivity index (χ4n) is 3.46. The molecule has 0 saturated heterocycles. The van der Waals surface area contributed by atoms with E-state index in [1.807, 2.05) is 25.1 Å². The number of benzene rings is 1. The smallest absolute Gasteiger partial charge is 0.273 e. The van der Waals surface area contributed by atoms with E-state index < -0.39 is 0 Å². The number of nitrogens with zero attached hydrogens (tertiary/aromatic N) is 3. The van der Waals surface area contributed by atoms with Crippen LogP contribution in [0.1, 0.15) is 50.2 Å². The number of hydrogen-bond acceptors (Lipinski definition) is 7. The number of hydrogen-bond donors (Lipinski definition) is 1. The normalized spacial score (nSPS) is 16.3. The number of nitrogens with one attached hydrogen (secondary N) is 1. The third-order valence-electron chi connectivity index (χ3n) is 4.87. The number of rotatable bonds is 9. The summed E-state index contributed by atoms with van der Waals surface area (Å²) in [4.78, 5) is 27.6. The molecule has 1 N–H and O–H groups in total. The molecule has 158 valence electrons. The predicted octanol–water partition coefficient (Wildman–Crippen LogP) is 3.26. The van der Waals surface area contributed by atoms with Gasteiger partial charge in [0.2, 0.25) is 0 Å². The average Bonchev–Trinajstić information content (AvgIpc) is 2.76. The van der Waals surface area contributed by atoms with E-state index in [4.69, 9.17) is 14.5 Å². The van der Waals surface area contributed by atoms with Gasteiger partial charge in [0.15, 0.2) is 5.71 Å². The van der Waals surface area contributed by atoms with Gasteiger partial charge in [-0.15, -0.1) is 0 Å². The summed E-state index contributed by atoms with van der Waals surface area (Å²) in [6.07, 6.45) is 5.81. The Balaban J connectivity index is 2.15. The fourth-order valence-corrected chi connectivity index (χ4v) is 3.46. The second-order valence-electron chi connectivity index (χ2n) is 6.80. The van der Waals surface area contributed by atoms with Gasteiger partial charge < -0.3 is 19.8 Å². The van der Waals surface area contributed by atoms with Crippen LogP contribution in [0.15, 0.2) is 39.7 Å². The van der Waals surface area contributed by atoms with E-state index in [0.29, 0.717) is 17.2 Å². The van der Waals surface area contributed by atoms with Crippen molar-refractivity contribution in [3.05, 3.63) is 35.4 Å². The zero-order chi connectivity index (χ0) is 21.1. The summed E-state index contributed by atoms with van der Waals surface area (Å²) in [5.41, 5.74) is 3.12. The molecule has 0 spiro atoms. The van der Waals surface area contributed by atoms with Crippen molar-refractivity contribution in [3.8, 4) is 0 Å². The van der Waals surface area contributed by atoms with Gasteiger partial charge in [-0.2, -0.15) is 0 Å². The van der Waals surface area contributed by atoms with Crippen molar-refractivity contribution in [2.24, 2.45) is 21.4 Å². The van der Waals surface area contributed by atoms with Crippen molar-refractivity contribution < 1.29 is 19.3 Å². The Morgan fingerprint density at radius 2 is 1.76 bits per heavy atom. The maximum Gasteiger partial charge on any atom is 0.273 e. The summed E-state index contributed by atoms with van der Waals surface area (Å²) in [6.45, 7) is 2.05. The molecule has 0 aromatic heterocycles. The van der Waals surface area contributed by atoms with Crippen molar-refractivity contribution in [1.29, 1.82) is 0 Å². The molecule has 1 aromatic carbocycles. The summed E-state index contributed by atoms with van der Waals surface area (Å²) in [5.74, 6) is 0.00261. The summed E-state index contributed by atoms with van der Waals surface area (Å²) >= 11 is 0. The molecule has 0 bridgehead atoms. The van der Waals surface area contributed by atoms with Crippen LogP contribution in [0, 0.1) is 5.92 Å². The fraction of sp³-hybridized carbons (Fsp3) is 0.524. The molecular formula is C21H30N4O4. The second kappa shape index (κ2) is 11.8. The molecular weight excluding hydrogens is 372 g/mol. The van der Waals surface area contributed by atoms with E-state index in [2.05, 4.69) is 20.8 Å². The maximum atomic E-state index is 12.2. The monoisotopic (exact) mass is 402 g/mol. The van der Waals surface area contributed by atoms with Gasteiger partial charge in [0.1, 0.15) is 32.2 Å². The van der Waals surface area contributed by atoms with Gasteiger partial charge in [-0.25, -0.2) is 0 Å². The topological polar surface area (TPSA) is 93.9 Å². The molecule has 29 heavy (non-hydrogen) atoms. The van der Waals surface area contributed by atoms with E-state index in [1.165, 1.54) is 26.4 Å². The standard InChI is InChI=1S/C21H30N4O4/c1-15(19(24-27-3)16-10-6-5-7-11-16)23-29-14-17-12-8-9-13-18(17)20(25-28-4)21(26)22-2/h8-9,12-13,16H,5-7,10-11,14H2,1-4H3,(H,22,26)/b23-15-,24-19+,25-20-. The Morgan fingerprint density at radius 1 is 1.07 bits per heavy atom. The molecule has 0 atom stereocenters. The van der Waals surface area contributed by atoms with E-state index in [1.54, 1.807) is 20.2 Å². The minimum absolute atomic E-state index is 0.179. The summed E-state index contributed by atoms with van der Waals surface area (Å²) in [7, 11) is 4.49. The lowest BCUT2D eigenvalue weighted by Crippen LogP contribution is -2.29. The van der Waals surface area contributed by atoms with Gasteiger partial charge in [0.25, 0.3) is 5.91 Å². The summed E-state index contributed by atoms with van der Waals surface area (Å²) in [5, 5.41) is 14.9. The van der Waals surface area contributed by atoms with E-state index >= 15 is 0 Å². The van der Waals surface area contributed by atoms with Crippen molar-refractivity contribution in [2.45, 2.75) is 45.6 Å².